The van der Waals surface area contributed by atoms with Crippen LogP contribution in [0, 0.1) is 0 Å². The molecule has 0 aliphatic heterocycles. The molecule has 0 N–H and O–H groups in total. The third kappa shape index (κ3) is 7.90. The molecule has 10 aromatic rings. The highest BCUT2D eigenvalue weighted by molar-refractivity contribution is 6.25. The smallest absolute Gasteiger partial charge is 0.0415 e. The van der Waals surface area contributed by atoms with Gasteiger partial charge in [-0.2, -0.15) is 0 Å². The Morgan fingerprint density at radius 1 is 0.452 bits per heavy atom. The van der Waals surface area contributed by atoms with E-state index in [1.165, 1.54) is 122 Å². The van der Waals surface area contributed by atoms with Gasteiger partial charge in [-0.1, -0.05) is 242 Å². The SMILES string of the molecule is CC1=C(/C=C\CN(c2ccccc2)c2ccccc2)c2ccc(/C=C/c3ccc(-c4cc(-c5ccccc5)c5c(c6c(c7ccccc75)C=CCC=C6)c4-c4ccccc4)cc3)cc2C12Cc1ccccc1C2. The molecule has 348 valence electrons. The third-order valence-electron chi connectivity index (χ3n) is 15.8. The van der Waals surface area contributed by atoms with Gasteiger partial charge in [0.25, 0.3) is 0 Å². The van der Waals surface area contributed by atoms with E-state index in [4.69, 9.17) is 0 Å². The van der Waals surface area contributed by atoms with Gasteiger partial charge in [-0.15, -0.1) is 0 Å². The van der Waals surface area contributed by atoms with Crippen molar-refractivity contribution in [2.75, 3.05) is 11.4 Å². The molecule has 0 aromatic heterocycles. The zero-order chi connectivity index (χ0) is 48.7. The first-order chi connectivity index (χ1) is 36.1. The van der Waals surface area contributed by atoms with E-state index < -0.39 is 0 Å². The standard InChI is InChI=1S/C72H55N/c1-50-60(36-21-45-73(58-28-11-4-12-29-58)59-30-13-5-14-31-59)63-44-41-52(46-68(63)72(50)48-56-26-17-18-27-57(56)49-72)38-37-51-39-42-54(43-40-51)66-47-67(53-22-7-2-8-23-53)70-64-35-20-19-33-61(64)62-32-15-6-16-34-65(62)71(70)69(66)55-24-9-3-10-25-55/h2-5,7-44,46-47H,6,45,48-49H2,1H3/b36-21-,38-37+. The van der Waals surface area contributed by atoms with Gasteiger partial charge in [-0.3, -0.25) is 0 Å². The van der Waals surface area contributed by atoms with Crippen molar-refractivity contribution in [1.82, 2.24) is 0 Å². The van der Waals surface area contributed by atoms with Crippen LogP contribution in [0.15, 0.2) is 248 Å². The Labute approximate surface area is 429 Å². The number of para-hydroxylation sites is 2. The summed E-state index contributed by atoms with van der Waals surface area (Å²) in [6, 6.07) is 80.4. The maximum atomic E-state index is 2.49. The van der Waals surface area contributed by atoms with Gasteiger partial charge >= 0.3 is 0 Å². The van der Waals surface area contributed by atoms with Crippen molar-refractivity contribution in [2.45, 2.75) is 31.6 Å². The van der Waals surface area contributed by atoms with Gasteiger partial charge < -0.3 is 4.90 Å². The molecule has 0 unspecified atom stereocenters. The molecular weight excluding hydrogens is 879 g/mol. The lowest BCUT2D eigenvalue weighted by atomic mass is 9.75. The average Bonchev–Trinajstić information content (AvgIpc) is 3.82. The van der Waals surface area contributed by atoms with Crippen LogP contribution in [0.3, 0.4) is 0 Å². The molecule has 1 heteroatoms. The summed E-state index contributed by atoms with van der Waals surface area (Å²) >= 11 is 0. The predicted molar refractivity (Wildman–Crippen MR) is 313 cm³/mol. The molecule has 0 saturated carbocycles. The van der Waals surface area contributed by atoms with Crippen LogP contribution in [0.1, 0.15) is 57.9 Å². The summed E-state index contributed by atoms with van der Waals surface area (Å²) in [6.07, 6.45) is 21.6. The van der Waals surface area contributed by atoms with Crippen LogP contribution in [0.5, 0.6) is 0 Å². The molecule has 0 fully saturated rings. The van der Waals surface area contributed by atoms with Crippen molar-refractivity contribution < 1.29 is 0 Å². The van der Waals surface area contributed by atoms with E-state index in [9.17, 15) is 0 Å². The maximum absolute atomic E-state index is 2.49. The van der Waals surface area contributed by atoms with Gasteiger partial charge in [-0.05, 0) is 162 Å². The number of benzene rings is 10. The first-order valence-electron chi connectivity index (χ1n) is 25.9. The van der Waals surface area contributed by atoms with E-state index in [0.717, 1.165) is 25.8 Å². The van der Waals surface area contributed by atoms with Gasteiger partial charge in [-0.25, -0.2) is 0 Å². The monoisotopic (exact) mass is 933 g/mol. The summed E-state index contributed by atoms with van der Waals surface area (Å²) in [7, 11) is 0. The van der Waals surface area contributed by atoms with Crippen molar-refractivity contribution in [3.63, 3.8) is 0 Å². The van der Waals surface area contributed by atoms with Crippen LogP contribution in [0.2, 0.25) is 0 Å². The van der Waals surface area contributed by atoms with Gasteiger partial charge in [0.2, 0.25) is 0 Å². The maximum Gasteiger partial charge on any atom is 0.0415 e. The lowest BCUT2D eigenvalue weighted by Crippen LogP contribution is -2.26. The highest BCUT2D eigenvalue weighted by atomic mass is 15.1. The van der Waals surface area contributed by atoms with Crippen molar-refractivity contribution >= 4 is 62.8 Å². The highest BCUT2D eigenvalue weighted by Crippen LogP contribution is 2.55. The number of hydrogen-bond donors (Lipinski definition) is 0. The molecule has 0 heterocycles. The Kier molecular flexibility index (Phi) is 11.4. The summed E-state index contributed by atoms with van der Waals surface area (Å²) in [4.78, 5) is 2.39. The predicted octanol–water partition coefficient (Wildman–Crippen LogP) is 18.8. The minimum absolute atomic E-state index is 0.0750. The zero-order valence-electron chi connectivity index (χ0n) is 41.2. The highest BCUT2D eigenvalue weighted by Gasteiger charge is 2.46. The number of fused-ring (bicyclic) bond motifs is 9. The van der Waals surface area contributed by atoms with E-state index in [2.05, 4.69) is 279 Å². The number of anilines is 2. The molecule has 0 bridgehead atoms. The van der Waals surface area contributed by atoms with Crippen LogP contribution in [-0.4, -0.2) is 6.54 Å². The van der Waals surface area contributed by atoms with Gasteiger partial charge in [0.1, 0.15) is 0 Å². The molecule has 0 saturated heterocycles. The molecule has 10 aromatic carbocycles. The number of rotatable bonds is 10. The molecule has 1 nitrogen and oxygen atoms in total. The van der Waals surface area contributed by atoms with Crippen LogP contribution >= 0.6 is 0 Å². The molecule has 13 rings (SSSR count). The lowest BCUT2D eigenvalue weighted by molar-refractivity contribution is 0.547. The molecule has 0 radical (unpaired) electrons. The van der Waals surface area contributed by atoms with Crippen LogP contribution in [0.25, 0.3) is 84.8 Å². The molecule has 73 heavy (non-hydrogen) atoms. The Bertz CT molecular complexity index is 3810. The molecular formula is C72H55N. The van der Waals surface area contributed by atoms with Crippen molar-refractivity contribution in [3.05, 3.63) is 293 Å². The van der Waals surface area contributed by atoms with Crippen molar-refractivity contribution in [2.24, 2.45) is 0 Å². The minimum atomic E-state index is -0.0750. The number of nitrogens with zero attached hydrogens (tertiary/aromatic N) is 1. The van der Waals surface area contributed by atoms with Crippen LogP contribution < -0.4 is 4.90 Å². The second kappa shape index (κ2) is 18.8. The third-order valence-corrected chi connectivity index (χ3v) is 15.8. The Balaban J connectivity index is 0.882. The number of hydrogen-bond acceptors (Lipinski definition) is 1. The number of allylic oxidation sites excluding steroid dienone is 5. The second-order valence-corrected chi connectivity index (χ2v) is 19.9. The summed E-state index contributed by atoms with van der Waals surface area (Å²) in [5.41, 5.74) is 23.2. The Morgan fingerprint density at radius 2 is 1.00 bits per heavy atom. The molecule has 3 aliphatic rings. The van der Waals surface area contributed by atoms with E-state index in [1.54, 1.807) is 0 Å². The summed E-state index contributed by atoms with van der Waals surface area (Å²) in [5.74, 6) is 0. The van der Waals surface area contributed by atoms with Gasteiger partial charge in [0.05, 0.1) is 0 Å². The summed E-state index contributed by atoms with van der Waals surface area (Å²) in [6.45, 7) is 3.16. The van der Waals surface area contributed by atoms with Crippen molar-refractivity contribution in [1.29, 1.82) is 0 Å². The van der Waals surface area contributed by atoms with E-state index in [1.807, 2.05) is 0 Å². The first kappa shape index (κ1) is 44.2. The molecule has 3 aliphatic carbocycles. The molecule has 0 amide bonds. The fraction of sp³-hybridized carbons (Fsp3) is 0.0833. The van der Waals surface area contributed by atoms with Crippen molar-refractivity contribution in [3.8, 4) is 33.4 Å². The van der Waals surface area contributed by atoms with Crippen LogP contribution in [-0.2, 0) is 18.3 Å². The fourth-order valence-electron chi connectivity index (χ4n) is 12.3. The zero-order valence-corrected chi connectivity index (χ0v) is 41.2. The fourth-order valence-corrected chi connectivity index (χ4v) is 12.3. The Morgan fingerprint density at radius 3 is 1.67 bits per heavy atom. The van der Waals surface area contributed by atoms with Crippen LogP contribution in [0.4, 0.5) is 11.4 Å². The first-order valence-corrected chi connectivity index (χ1v) is 25.9. The lowest BCUT2D eigenvalue weighted by Gasteiger charge is -2.28. The Hall–Kier alpha value is -8.78. The quantitative estimate of drug-likeness (QED) is 0.0976. The minimum Gasteiger partial charge on any atom is -0.338 e. The van der Waals surface area contributed by atoms with E-state index in [0.29, 0.717) is 0 Å². The topological polar surface area (TPSA) is 3.24 Å². The van der Waals surface area contributed by atoms with Gasteiger partial charge in [0.15, 0.2) is 0 Å². The van der Waals surface area contributed by atoms with E-state index >= 15 is 0 Å². The largest absolute Gasteiger partial charge is 0.338 e. The second-order valence-electron chi connectivity index (χ2n) is 19.9. The summed E-state index contributed by atoms with van der Waals surface area (Å²) in [5, 5.41) is 5.16. The van der Waals surface area contributed by atoms with E-state index in [-0.39, 0.29) is 5.41 Å². The summed E-state index contributed by atoms with van der Waals surface area (Å²) < 4.78 is 0. The molecule has 1 spiro atoms. The van der Waals surface area contributed by atoms with Gasteiger partial charge in [0, 0.05) is 23.3 Å². The average molecular weight is 934 g/mol. The molecule has 0 atom stereocenters. The normalized spacial score (nSPS) is 14.4.